The first kappa shape index (κ1) is 15.3. The quantitative estimate of drug-likeness (QED) is 0.847. The molecule has 0 atom stereocenters. The molecule has 116 valence electrons. The first-order valence-electron chi connectivity index (χ1n) is 7.70. The van der Waals surface area contributed by atoms with Gasteiger partial charge in [0, 0.05) is 43.2 Å². The Morgan fingerprint density at radius 3 is 2.19 bits per heavy atom. The Morgan fingerprint density at radius 1 is 0.952 bits per heavy atom. The first-order valence-corrected chi connectivity index (χ1v) is 8.85. The van der Waals surface area contributed by atoms with Crippen LogP contribution in [-0.2, 0) is 6.54 Å². The minimum Gasteiger partial charge on any atom is -0.299 e. The number of hydrogen-bond acceptors (Lipinski definition) is 3. The molecule has 0 radical (unpaired) electrons. The molecule has 5 heteroatoms. The molecule has 1 aromatic rings. The maximum Gasteiger partial charge on any atom is 0.126 e. The lowest BCUT2D eigenvalue weighted by molar-refractivity contribution is 0.112. The predicted octanol–water partition coefficient (Wildman–Crippen LogP) is 2.98. The monoisotopic (exact) mass is 312 g/mol. The Bertz CT molecular complexity index is 449. The molecule has 0 aromatic heterocycles. The van der Waals surface area contributed by atoms with Crippen molar-refractivity contribution in [1.82, 2.24) is 9.80 Å². The number of nitrogens with zero attached hydrogens (tertiary/aromatic N) is 2. The third-order valence-electron chi connectivity index (χ3n) is 4.45. The lowest BCUT2D eigenvalue weighted by atomic mass is 10.0. The summed E-state index contributed by atoms with van der Waals surface area (Å²) in [6.07, 6.45) is 2.34. The predicted molar refractivity (Wildman–Crippen MR) is 83.6 cm³/mol. The zero-order valence-electron chi connectivity index (χ0n) is 12.2. The molecule has 3 rings (SSSR count). The Hall–Kier alpha value is -0.650. The number of halogens is 2. The van der Waals surface area contributed by atoms with Crippen molar-refractivity contribution in [1.29, 1.82) is 0 Å². The van der Waals surface area contributed by atoms with Gasteiger partial charge in [-0.2, -0.15) is 11.8 Å². The van der Waals surface area contributed by atoms with Crippen LogP contribution in [0.4, 0.5) is 8.78 Å². The van der Waals surface area contributed by atoms with Gasteiger partial charge in [-0.25, -0.2) is 8.78 Å². The second-order valence-electron chi connectivity index (χ2n) is 5.93. The number of rotatable bonds is 3. The lowest BCUT2D eigenvalue weighted by Gasteiger charge is -2.40. The standard InChI is InChI=1S/C16H22F2N2S/c17-14-9-13(10-15(18)11-14)12-19-3-1-16(2-4-19)20-5-7-21-8-6-20/h9-11,16H,1-8,12H2. The van der Waals surface area contributed by atoms with Crippen molar-refractivity contribution in [2.45, 2.75) is 25.4 Å². The van der Waals surface area contributed by atoms with Crippen LogP contribution in [0.2, 0.25) is 0 Å². The van der Waals surface area contributed by atoms with E-state index in [0.29, 0.717) is 12.6 Å². The van der Waals surface area contributed by atoms with Crippen molar-refractivity contribution in [3.05, 3.63) is 35.4 Å². The molecule has 0 N–H and O–H groups in total. The summed E-state index contributed by atoms with van der Waals surface area (Å²) in [6, 6.07) is 4.52. The van der Waals surface area contributed by atoms with E-state index in [2.05, 4.69) is 9.80 Å². The van der Waals surface area contributed by atoms with Crippen molar-refractivity contribution in [2.24, 2.45) is 0 Å². The van der Waals surface area contributed by atoms with Gasteiger partial charge >= 0.3 is 0 Å². The van der Waals surface area contributed by atoms with Gasteiger partial charge in [-0.15, -0.1) is 0 Å². The second kappa shape index (κ2) is 7.07. The van der Waals surface area contributed by atoms with Crippen molar-refractivity contribution in [3.8, 4) is 0 Å². The Morgan fingerprint density at radius 2 is 1.57 bits per heavy atom. The average molecular weight is 312 g/mol. The minimum absolute atomic E-state index is 0.481. The van der Waals surface area contributed by atoms with Gasteiger partial charge in [0.2, 0.25) is 0 Å². The fourth-order valence-electron chi connectivity index (χ4n) is 3.35. The molecule has 0 unspecified atom stereocenters. The van der Waals surface area contributed by atoms with Crippen molar-refractivity contribution < 1.29 is 8.78 Å². The van der Waals surface area contributed by atoms with Crippen LogP contribution < -0.4 is 0 Å². The molecule has 1 aromatic carbocycles. The highest BCUT2D eigenvalue weighted by Crippen LogP contribution is 2.22. The smallest absolute Gasteiger partial charge is 0.126 e. The lowest BCUT2D eigenvalue weighted by Crippen LogP contribution is -2.47. The van der Waals surface area contributed by atoms with Crippen LogP contribution in [0.1, 0.15) is 18.4 Å². The molecule has 2 aliphatic heterocycles. The maximum atomic E-state index is 13.2. The van der Waals surface area contributed by atoms with Crippen LogP contribution in [0.3, 0.4) is 0 Å². The summed E-state index contributed by atoms with van der Waals surface area (Å²) in [5, 5.41) is 0. The first-order chi connectivity index (χ1) is 10.2. The summed E-state index contributed by atoms with van der Waals surface area (Å²) in [6.45, 7) is 5.12. The topological polar surface area (TPSA) is 6.48 Å². The van der Waals surface area contributed by atoms with E-state index in [1.54, 1.807) is 0 Å². The van der Waals surface area contributed by atoms with Crippen LogP contribution in [0, 0.1) is 11.6 Å². The van der Waals surface area contributed by atoms with Crippen LogP contribution >= 0.6 is 11.8 Å². The number of thioether (sulfide) groups is 1. The second-order valence-corrected chi connectivity index (χ2v) is 7.16. The van der Waals surface area contributed by atoms with E-state index in [-0.39, 0.29) is 0 Å². The van der Waals surface area contributed by atoms with Gasteiger partial charge in [-0.05, 0) is 43.6 Å². The molecule has 2 nitrogen and oxygen atoms in total. The van der Waals surface area contributed by atoms with Crippen LogP contribution in [0.25, 0.3) is 0 Å². The molecule has 0 aliphatic carbocycles. The number of piperidine rings is 1. The van der Waals surface area contributed by atoms with Gasteiger partial charge < -0.3 is 0 Å². The molecule has 21 heavy (non-hydrogen) atoms. The third kappa shape index (κ3) is 4.18. The van der Waals surface area contributed by atoms with Crippen molar-refractivity contribution in [2.75, 3.05) is 37.7 Å². The van der Waals surface area contributed by atoms with E-state index in [1.807, 2.05) is 11.8 Å². The normalized spacial score (nSPS) is 22.6. The molecule has 0 bridgehead atoms. The summed E-state index contributed by atoms with van der Waals surface area (Å²) in [5.74, 6) is 1.54. The van der Waals surface area contributed by atoms with Gasteiger partial charge in [-0.3, -0.25) is 9.80 Å². The van der Waals surface area contributed by atoms with E-state index in [9.17, 15) is 8.78 Å². The zero-order chi connectivity index (χ0) is 14.7. The van der Waals surface area contributed by atoms with Gasteiger partial charge in [0.1, 0.15) is 11.6 Å². The van der Waals surface area contributed by atoms with Crippen LogP contribution in [0.15, 0.2) is 18.2 Å². The number of benzene rings is 1. The highest BCUT2D eigenvalue weighted by Gasteiger charge is 2.25. The number of hydrogen-bond donors (Lipinski definition) is 0. The molecule has 2 aliphatic rings. The highest BCUT2D eigenvalue weighted by molar-refractivity contribution is 7.99. The Labute approximate surface area is 129 Å². The van der Waals surface area contributed by atoms with Gasteiger partial charge in [0.15, 0.2) is 0 Å². The van der Waals surface area contributed by atoms with Crippen molar-refractivity contribution in [3.63, 3.8) is 0 Å². The maximum absolute atomic E-state index is 13.2. The number of likely N-dealkylation sites (tertiary alicyclic amines) is 1. The largest absolute Gasteiger partial charge is 0.299 e. The Kier molecular flexibility index (Phi) is 5.14. The van der Waals surface area contributed by atoms with Gasteiger partial charge in [0.05, 0.1) is 0 Å². The van der Waals surface area contributed by atoms with Gasteiger partial charge in [0.25, 0.3) is 0 Å². The van der Waals surface area contributed by atoms with Crippen molar-refractivity contribution >= 4 is 11.8 Å². The SMILES string of the molecule is Fc1cc(F)cc(CN2CCC(N3CCSCC3)CC2)c1. The van der Waals surface area contributed by atoms with E-state index < -0.39 is 11.6 Å². The van der Waals surface area contributed by atoms with E-state index in [0.717, 1.165) is 24.7 Å². The molecule has 2 saturated heterocycles. The molecule has 0 spiro atoms. The molecule has 2 heterocycles. The third-order valence-corrected chi connectivity index (χ3v) is 5.39. The summed E-state index contributed by atoms with van der Waals surface area (Å²) >= 11 is 2.04. The van der Waals surface area contributed by atoms with Crippen LogP contribution in [-0.4, -0.2) is 53.5 Å². The van der Waals surface area contributed by atoms with E-state index in [4.69, 9.17) is 0 Å². The van der Waals surface area contributed by atoms with E-state index >= 15 is 0 Å². The summed E-state index contributed by atoms with van der Waals surface area (Å²) < 4.78 is 26.4. The summed E-state index contributed by atoms with van der Waals surface area (Å²) in [4.78, 5) is 4.93. The fourth-order valence-corrected chi connectivity index (χ4v) is 4.28. The molecular weight excluding hydrogens is 290 g/mol. The minimum atomic E-state index is -0.481. The van der Waals surface area contributed by atoms with Crippen LogP contribution in [0.5, 0.6) is 0 Å². The zero-order valence-corrected chi connectivity index (χ0v) is 13.0. The van der Waals surface area contributed by atoms with Gasteiger partial charge in [-0.1, -0.05) is 0 Å². The average Bonchev–Trinajstić information content (AvgIpc) is 2.48. The summed E-state index contributed by atoms with van der Waals surface area (Å²) in [5.41, 5.74) is 0.736. The highest BCUT2D eigenvalue weighted by atomic mass is 32.2. The molecule has 0 amide bonds. The summed E-state index contributed by atoms with van der Waals surface area (Å²) in [7, 11) is 0. The molecular formula is C16H22F2N2S. The van der Waals surface area contributed by atoms with E-state index in [1.165, 1.54) is 49.6 Å². The Balaban J connectivity index is 1.51. The fraction of sp³-hybridized carbons (Fsp3) is 0.625. The molecule has 0 saturated carbocycles. The molecule has 2 fully saturated rings.